The van der Waals surface area contributed by atoms with Crippen LogP contribution in [-0.4, -0.2) is 59.7 Å². The minimum Gasteiger partial charge on any atom is -0.454 e. The maximum atomic E-state index is 14.9. The molecule has 0 aliphatic carbocycles. The van der Waals surface area contributed by atoms with Gasteiger partial charge in [0.25, 0.3) is 0 Å². The molecule has 1 saturated heterocycles. The van der Waals surface area contributed by atoms with Gasteiger partial charge in [-0.1, -0.05) is 18.2 Å². The number of rotatable bonds is 6. The third kappa shape index (κ3) is 3.98. The number of piperazine rings is 1. The highest BCUT2D eigenvalue weighted by Crippen LogP contribution is 2.32. The molecule has 2 aromatic carbocycles. The van der Waals surface area contributed by atoms with E-state index in [1.54, 1.807) is 15.6 Å². The van der Waals surface area contributed by atoms with Crippen molar-refractivity contribution in [1.29, 1.82) is 0 Å². The fourth-order valence-corrected chi connectivity index (χ4v) is 4.56. The van der Waals surface area contributed by atoms with Crippen molar-refractivity contribution in [3.63, 3.8) is 0 Å². The first-order valence-electron chi connectivity index (χ1n) is 10.8. The van der Waals surface area contributed by atoms with Crippen molar-refractivity contribution in [3.05, 3.63) is 65.2 Å². The van der Waals surface area contributed by atoms with Gasteiger partial charge in [-0.05, 0) is 47.2 Å². The number of hydrogen-bond donors (Lipinski definition) is 2. The lowest BCUT2D eigenvalue weighted by Gasteiger charge is -2.33. The number of tetrazole rings is 1. The smallest absolute Gasteiger partial charge is 0.231 e. The van der Waals surface area contributed by atoms with Crippen LogP contribution in [0.1, 0.15) is 29.9 Å². The number of hydrogen-bond acceptors (Lipinski definition) is 5. The summed E-state index contributed by atoms with van der Waals surface area (Å²) in [7, 11) is 0. The molecule has 8 nitrogen and oxygen atoms in total. The molecule has 1 fully saturated rings. The number of benzene rings is 2. The molecule has 1 atom stereocenters. The number of quaternary nitrogens is 2. The van der Waals surface area contributed by atoms with Crippen LogP contribution in [0.2, 0.25) is 0 Å². The van der Waals surface area contributed by atoms with Crippen molar-refractivity contribution in [3.8, 4) is 11.5 Å². The summed E-state index contributed by atoms with van der Waals surface area (Å²) < 4.78 is 27.6. The molecule has 1 aromatic heterocycles. The van der Waals surface area contributed by atoms with Gasteiger partial charge in [-0.2, -0.15) is 0 Å². The first kappa shape index (κ1) is 19.9. The van der Waals surface area contributed by atoms with Crippen molar-refractivity contribution in [2.45, 2.75) is 19.5 Å². The summed E-state index contributed by atoms with van der Waals surface area (Å²) in [5, 5.41) is 12.6. The van der Waals surface area contributed by atoms with E-state index in [2.05, 4.69) is 22.4 Å². The van der Waals surface area contributed by atoms with Crippen LogP contribution in [0.3, 0.4) is 0 Å². The third-order valence-corrected chi connectivity index (χ3v) is 6.31. The predicted octanol–water partition coefficient (Wildman–Crippen LogP) is -0.518. The van der Waals surface area contributed by atoms with Crippen LogP contribution in [0.25, 0.3) is 0 Å². The Labute approximate surface area is 180 Å². The molecule has 5 rings (SSSR count). The molecule has 2 aliphatic heterocycles. The van der Waals surface area contributed by atoms with E-state index in [9.17, 15) is 4.39 Å². The van der Waals surface area contributed by atoms with E-state index in [4.69, 9.17) is 9.47 Å². The summed E-state index contributed by atoms with van der Waals surface area (Å²) in [4.78, 5) is 2.88. The molecule has 0 radical (unpaired) electrons. The second-order valence-corrected chi connectivity index (χ2v) is 8.10. The normalized spacial score (nSPS) is 21.2. The molecule has 162 valence electrons. The quantitative estimate of drug-likeness (QED) is 0.555. The van der Waals surface area contributed by atoms with Crippen LogP contribution in [0.5, 0.6) is 11.5 Å². The largest absolute Gasteiger partial charge is 0.454 e. The summed E-state index contributed by atoms with van der Waals surface area (Å²) >= 11 is 0. The Morgan fingerprint density at radius 3 is 2.68 bits per heavy atom. The highest BCUT2D eigenvalue weighted by molar-refractivity contribution is 5.44. The van der Waals surface area contributed by atoms with Gasteiger partial charge in [0.2, 0.25) is 12.6 Å². The van der Waals surface area contributed by atoms with E-state index < -0.39 is 0 Å². The van der Waals surface area contributed by atoms with Gasteiger partial charge in [0.15, 0.2) is 17.5 Å². The Morgan fingerprint density at radius 2 is 1.87 bits per heavy atom. The molecule has 0 amide bonds. The summed E-state index contributed by atoms with van der Waals surface area (Å²) in [6, 6.07) is 12.5. The van der Waals surface area contributed by atoms with Gasteiger partial charge in [-0.25, -0.2) is 9.07 Å². The highest BCUT2D eigenvalue weighted by atomic mass is 19.1. The molecule has 3 aromatic rings. The fourth-order valence-electron chi connectivity index (χ4n) is 4.56. The Bertz CT molecular complexity index is 1050. The summed E-state index contributed by atoms with van der Waals surface area (Å²) in [6.07, 6.45) is 0. The van der Waals surface area contributed by atoms with Crippen molar-refractivity contribution in [2.24, 2.45) is 0 Å². The van der Waals surface area contributed by atoms with Gasteiger partial charge in [-0.15, -0.1) is 5.10 Å². The average Bonchev–Trinajstić information content (AvgIpc) is 3.45. The van der Waals surface area contributed by atoms with Crippen LogP contribution in [-0.2, 0) is 6.54 Å². The average molecular weight is 426 g/mol. The molecule has 0 saturated carbocycles. The molecule has 2 N–H and O–H groups in total. The molecule has 0 spiro atoms. The van der Waals surface area contributed by atoms with Crippen LogP contribution < -0.4 is 19.3 Å². The molecule has 2 aliphatic rings. The lowest BCUT2D eigenvalue weighted by molar-refractivity contribution is -1.02. The van der Waals surface area contributed by atoms with E-state index in [-0.39, 0.29) is 18.7 Å². The summed E-state index contributed by atoms with van der Waals surface area (Å²) in [5.74, 6) is 1.92. The zero-order valence-corrected chi connectivity index (χ0v) is 17.6. The fraction of sp³-hybridized carbons (Fsp3) is 0.409. The van der Waals surface area contributed by atoms with Gasteiger partial charge < -0.3 is 19.3 Å². The lowest BCUT2D eigenvalue weighted by Crippen LogP contribution is -3.28. The van der Waals surface area contributed by atoms with Crippen molar-refractivity contribution < 1.29 is 23.7 Å². The molecule has 3 heterocycles. The number of likely N-dealkylation sites (N-methyl/N-ethyl adjacent to an activating group) is 1. The monoisotopic (exact) mass is 426 g/mol. The Balaban J connectivity index is 1.48. The minimum atomic E-state index is -0.261. The number of halogens is 1. The standard InChI is InChI=1S/C22H25FN6O2/c1-2-27-9-11-28(12-10-27)21(17-5-3-4-6-18(17)23)22-24-25-26-29(22)14-16-7-8-19-20(13-16)31-15-30-19/h3-8,13,21H,2,9-12,14-15H2,1H3/p+2/t21-/m0/s1. The van der Waals surface area contributed by atoms with Crippen LogP contribution in [0.4, 0.5) is 4.39 Å². The Morgan fingerprint density at radius 1 is 1.06 bits per heavy atom. The SMILES string of the molecule is CC[NH+]1CC[NH+]([C@@H](c2ccccc2F)c2nnnn2Cc2ccc3c(c2)OCO3)CC1. The Hall–Kier alpha value is -3.04. The molecule has 31 heavy (non-hydrogen) atoms. The lowest BCUT2D eigenvalue weighted by atomic mass is 10.0. The van der Waals surface area contributed by atoms with E-state index in [0.29, 0.717) is 17.9 Å². The number of nitrogens with zero attached hydrogens (tertiary/aromatic N) is 4. The highest BCUT2D eigenvalue weighted by Gasteiger charge is 2.36. The van der Waals surface area contributed by atoms with Crippen LogP contribution >= 0.6 is 0 Å². The van der Waals surface area contributed by atoms with Gasteiger partial charge >= 0.3 is 0 Å². The molecule has 0 unspecified atom stereocenters. The van der Waals surface area contributed by atoms with E-state index in [1.807, 2.05) is 30.3 Å². The minimum absolute atomic E-state index is 0.220. The van der Waals surface area contributed by atoms with Crippen LogP contribution in [0.15, 0.2) is 42.5 Å². The predicted molar refractivity (Wildman–Crippen MR) is 110 cm³/mol. The first-order chi connectivity index (χ1) is 15.2. The second kappa shape index (κ2) is 8.60. The molecular formula is C22H27FN6O2+2. The maximum Gasteiger partial charge on any atom is 0.231 e. The van der Waals surface area contributed by atoms with E-state index >= 15 is 0 Å². The van der Waals surface area contributed by atoms with Crippen LogP contribution in [0, 0.1) is 5.82 Å². The van der Waals surface area contributed by atoms with Gasteiger partial charge in [0, 0.05) is 0 Å². The topological polar surface area (TPSA) is 70.9 Å². The first-order valence-corrected chi connectivity index (χ1v) is 10.8. The molecule has 0 bridgehead atoms. The zero-order chi connectivity index (χ0) is 21.2. The number of nitrogens with one attached hydrogen (secondary N) is 2. The summed E-state index contributed by atoms with van der Waals surface area (Å²) in [6.45, 7) is 8.03. The van der Waals surface area contributed by atoms with Crippen molar-refractivity contribution >= 4 is 0 Å². The molecular weight excluding hydrogens is 399 g/mol. The summed E-state index contributed by atoms with van der Waals surface area (Å²) in [5.41, 5.74) is 1.64. The van der Waals surface area contributed by atoms with Crippen molar-refractivity contribution in [2.75, 3.05) is 39.5 Å². The third-order valence-electron chi connectivity index (χ3n) is 6.31. The van der Waals surface area contributed by atoms with Gasteiger partial charge in [-0.3, -0.25) is 0 Å². The van der Waals surface area contributed by atoms with E-state index in [0.717, 1.165) is 49.8 Å². The van der Waals surface area contributed by atoms with E-state index in [1.165, 1.54) is 11.0 Å². The Kier molecular flexibility index (Phi) is 5.52. The number of aromatic nitrogens is 4. The molecule has 9 heteroatoms. The zero-order valence-electron chi connectivity index (χ0n) is 17.6. The van der Waals surface area contributed by atoms with Gasteiger partial charge in [0.1, 0.15) is 32.0 Å². The van der Waals surface area contributed by atoms with Crippen molar-refractivity contribution in [1.82, 2.24) is 20.2 Å². The second-order valence-electron chi connectivity index (χ2n) is 8.10. The van der Waals surface area contributed by atoms with Gasteiger partial charge in [0.05, 0.1) is 18.7 Å². The maximum absolute atomic E-state index is 14.9. The number of fused-ring (bicyclic) bond motifs is 1. The number of ether oxygens (including phenoxy) is 2.